The van der Waals surface area contributed by atoms with Gasteiger partial charge >= 0.3 is 0 Å². The predicted molar refractivity (Wildman–Crippen MR) is 221 cm³/mol. The molecule has 1 aliphatic carbocycles. The number of nitrogens with zero attached hydrogens (tertiary/aromatic N) is 2. The van der Waals surface area contributed by atoms with Crippen LogP contribution < -0.4 is 5.32 Å². The highest BCUT2D eigenvalue weighted by Crippen LogP contribution is 2.49. The van der Waals surface area contributed by atoms with Gasteiger partial charge in [-0.05, 0) is 69.3 Å². The summed E-state index contributed by atoms with van der Waals surface area (Å²) in [5.74, 6) is 1.45. The molecule has 1 N–H and O–H groups in total. The van der Waals surface area contributed by atoms with Gasteiger partial charge in [-0.25, -0.2) is 9.98 Å². The van der Waals surface area contributed by atoms with Gasteiger partial charge < -0.3 is 9.73 Å². The van der Waals surface area contributed by atoms with Crippen molar-refractivity contribution in [3.05, 3.63) is 179 Å². The van der Waals surface area contributed by atoms with Crippen LogP contribution in [-0.2, 0) is 5.41 Å². The van der Waals surface area contributed by atoms with Gasteiger partial charge in [0.2, 0.25) is 0 Å². The number of hydrogen-bond acceptors (Lipinski definition) is 5. The van der Waals surface area contributed by atoms with Crippen LogP contribution in [0.5, 0.6) is 0 Å². The Morgan fingerprint density at radius 1 is 0.566 bits per heavy atom. The number of benzene rings is 7. The first-order valence-corrected chi connectivity index (χ1v) is 18.9. The zero-order chi connectivity index (χ0) is 35.3. The fraction of sp³-hybridized carbons (Fsp3) is 0.0833. The fourth-order valence-corrected chi connectivity index (χ4v) is 9.56. The number of para-hydroxylation sites is 2. The largest absolute Gasteiger partial charge is 0.455 e. The molecule has 53 heavy (non-hydrogen) atoms. The van der Waals surface area contributed by atoms with Crippen LogP contribution >= 0.6 is 11.3 Å². The number of nitrogens with one attached hydrogen (secondary N) is 1. The molecule has 0 saturated heterocycles. The maximum atomic E-state index is 6.52. The summed E-state index contributed by atoms with van der Waals surface area (Å²) in [6.45, 7) is 4.64. The van der Waals surface area contributed by atoms with Crippen LogP contribution in [0.2, 0.25) is 0 Å². The van der Waals surface area contributed by atoms with Crippen molar-refractivity contribution in [3.8, 4) is 22.3 Å². The highest BCUT2D eigenvalue weighted by atomic mass is 32.1. The lowest BCUT2D eigenvalue weighted by Gasteiger charge is -2.26. The van der Waals surface area contributed by atoms with E-state index in [4.69, 9.17) is 14.4 Å². The number of amidine groups is 2. The van der Waals surface area contributed by atoms with Crippen molar-refractivity contribution in [2.75, 3.05) is 0 Å². The van der Waals surface area contributed by atoms with E-state index < -0.39 is 0 Å². The first-order valence-electron chi connectivity index (χ1n) is 18.1. The summed E-state index contributed by atoms with van der Waals surface area (Å²) in [4.78, 5) is 10.6. The maximum absolute atomic E-state index is 6.52. The van der Waals surface area contributed by atoms with Gasteiger partial charge in [-0.2, -0.15) is 0 Å². The van der Waals surface area contributed by atoms with Gasteiger partial charge in [0.15, 0.2) is 5.84 Å². The Bertz CT molecular complexity index is 3020. The van der Waals surface area contributed by atoms with Gasteiger partial charge in [-0.3, -0.25) is 0 Å². The van der Waals surface area contributed by atoms with Gasteiger partial charge in [0.25, 0.3) is 0 Å². The predicted octanol–water partition coefficient (Wildman–Crippen LogP) is 12.4. The molecule has 0 saturated carbocycles. The molecule has 7 aromatic carbocycles. The molecule has 5 heteroatoms. The van der Waals surface area contributed by atoms with Gasteiger partial charge in [-0.15, -0.1) is 11.3 Å². The van der Waals surface area contributed by atoms with Gasteiger partial charge in [-0.1, -0.05) is 135 Å². The zero-order valence-electron chi connectivity index (χ0n) is 29.2. The van der Waals surface area contributed by atoms with Crippen molar-refractivity contribution in [2.24, 2.45) is 9.98 Å². The monoisotopic (exact) mass is 699 g/mol. The van der Waals surface area contributed by atoms with E-state index in [1.54, 1.807) is 0 Å². The molecule has 0 amide bonds. The minimum Gasteiger partial charge on any atom is -0.455 e. The van der Waals surface area contributed by atoms with E-state index in [0.29, 0.717) is 5.84 Å². The third-order valence-corrected chi connectivity index (χ3v) is 12.3. The smallest absolute Gasteiger partial charge is 0.159 e. The standard InChI is InChI=1S/C48H33N3OS/c1-48(2)39-17-8-6-13-32(39)33-22-19-30(26-40(33)48)45-49-46(51-47(50-45)37-16-10-15-36-34-14-7-9-18-41(34)52-44(36)37)31-20-23-35-38-25-29(28-11-4-3-5-12-28)21-24-42(38)53-43(35)27-31/h3-27,45H,1-2H3,(H,49,50,51). The second-order valence-electron chi connectivity index (χ2n) is 14.6. The number of thiophene rings is 1. The summed E-state index contributed by atoms with van der Waals surface area (Å²) >= 11 is 1.82. The average molecular weight is 700 g/mol. The molecule has 11 rings (SSSR count). The van der Waals surface area contributed by atoms with Gasteiger partial charge in [0.1, 0.15) is 23.2 Å². The summed E-state index contributed by atoms with van der Waals surface area (Å²) in [7, 11) is 0. The first kappa shape index (κ1) is 30.3. The topological polar surface area (TPSA) is 49.9 Å². The molecular formula is C48H33N3OS. The molecule has 1 unspecified atom stereocenters. The molecule has 9 aromatic rings. The quantitative estimate of drug-likeness (QED) is 0.199. The molecule has 0 bridgehead atoms. The second kappa shape index (κ2) is 11.3. The van der Waals surface area contributed by atoms with E-state index in [1.807, 2.05) is 23.5 Å². The van der Waals surface area contributed by atoms with Crippen molar-refractivity contribution >= 4 is 65.1 Å². The third-order valence-electron chi connectivity index (χ3n) is 11.2. The molecule has 3 heterocycles. The summed E-state index contributed by atoms with van der Waals surface area (Å²) in [6, 6.07) is 54.2. The lowest BCUT2D eigenvalue weighted by molar-refractivity contribution is 0.644. The second-order valence-corrected chi connectivity index (χ2v) is 15.7. The highest BCUT2D eigenvalue weighted by Gasteiger charge is 2.36. The highest BCUT2D eigenvalue weighted by molar-refractivity contribution is 7.25. The Balaban J connectivity index is 1.06. The first-order chi connectivity index (χ1) is 26.0. The number of furan rings is 1. The third kappa shape index (κ3) is 4.67. The van der Waals surface area contributed by atoms with Crippen LogP contribution in [0.4, 0.5) is 0 Å². The molecule has 2 aromatic heterocycles. The van der Waals surface area contributed by atoms with Crippen molar-refractivity contribution in [2.45, 2.75) is 25.4 Å². The van der Waals surface area contributed by atoms with Crippen molar-refractivity contribution in [1.82, 2.24) is 5.32 Å². The minimum atomic E-state index is -0.353. The zero-order valence-corrected chi connectivity index (χ0v) is 30.0. The molecule has 0 fully saturated rings. The van der Waals surface area contributed by atoms with Crippen LogP contribution in [0.1, 0.15) is 47.8 Å². The summed E-state index contributed by atoms with van der Waals surface area (Å²) < 4.78 is 9.00. The van der Waals surface area contributed by atoms with E-state index in [9.17, 15) is 0 Å². The van der Waals surface area contributed by atoms with Crippen LogP contribution in [0, 0.1) is 0 Å². The van der Waals surface area contributed by atoms with Gasteiger partial charge in [0.05, 0.1) is 5.56 Å². The molecule has 1 aliphatic heterocycles. The molecular weight excluding hydrogens is 667 g/mol. The van der Waals surface area contributed by atoms with E-state index in [2.05, 4.69) is 159 Å². The Morgan fingerprint density at radius 2 is 1.34 bits per heavy atom. The molecule has 0 radical (unpaired) electrons. The van der Waals surface area contributed by atoms with Crippen LogP contribution in [0.3, 0.4) is 0 Å². The Morgan fingerprint density at radius 3 is 2.26 bits per heavy atom. The summed E-state index contributed by atoms with van der Waals surface area (Å²) in [5, 5.41) is 8.43. The maximum Gasteiger partial charge on any atom is 0.159 e. The Hall–Kier alpha value is -6.30. The number of hydrogen-bond donors (Lipinski definition) is 1. The van der Waals surface area contributed by atoms with E-state index >= 15 is 0 Å². The molecule has 2 aliphatic rings. The number of aliphatic imine (C=N–C) groups is 2. The minimum absolute atomic E-state index is 0.119. The number of fused-ring (bicyclic) bond motifs is 9. The molecule has 1 atom stereocenters. The van der Waals surface area contributed by atoms with Gasteiger partial charge in [0, 0.05) is 41.9 Å². The van der Waals surface area contributed by atoms with Crippen molar-refractivity contribution in [3.63, 3.8) is 0 Å². The lowest BCUT2D eigenvalue weighted by Crippen LogP contribution is -2.33. The fourth-order valence-electron chi connectivity index (χ4n) is 8.44. The lowest BCUT2D eigenvalue weighted by atomic mass is 9.82. The van der Waals surface area contributed by atoms with Crippen molar-refractivity contribution in [1.29, 1.82) is 0 Å². The normalized spacial score (nSPS) is 16.1. The van der Waals surface area contributed by atoms with E-state index in [0.717, 1.165) is 44.5 Å². The van der Waals surface area contributed by atoms with Crippen LogP contribution in [-0.4, -0.2) is 11.7 Å². The molecule has 4 nitrogen and oxygen atoms in total. The number of rotatable bonds is 4. The SMILES string of the molecule is CC1(C)c2ccccc2-c2ccc(C3N=C(c4ccc5c(c4)sc4ccc(-c6ccccc6)cc45)N=C(c4cccc5c4oc4ccccc45)N3)cc21. The average Bonchev–Trinajstić information content (AvgIpc) is 3.85. The van der Waals surface area contributed by atoms with E-state index in [-0.39, 0.29) is 11.6 Å². The van der Waals surface area contributed by atoms with Crippen molar-refractivity contribution < 1.29 is 4.42 Å². The summed E-state index contributed by atoms with van der Waals surface area (Å²) in [6.07, 6.45) is -0.353. The Kier molecular flexibility index (Phi) is 6.50. The van der Waals surface area contributed by atoms with Crippen LogP contribution in [0.15, 0.2) is 166 Å². The molecule has 252 valence electrons. The summed E-state index contributed by atoms with van der Waals surface area (Å²) in [5.41, 5.74) is 12.3. The van der Waals surface area contributed by atoms with E-state index in [1.165, 1.54) is 53.6 Å². The Labute approximate surface area is 310 Å². The van der Waals surface area contributed by atoms with Crippen LogP contribution in [0.25, 0.3) is 64.4 Å². The molecule has 0 spiro atoms.